The van der Waals surface area contributed by atoms with E-state index in [-0.39, 0.29) is 11.8 Å². The number of aryl methyl sites for hydroxylation is 1. The SMILES string of the molecule is O=C1NCCCCCCCCCc2ccnc(c2)C(=O)N2CCN(CC2)c2ccc1nn2. The lowest BCUT2D eigenvalue weighted by molar-refractivity contribution is 0.0740. The van der Waals surface area contributed by atoms with E-state index in [1.54, 1.807) is 12.3 Å². The van der Waals surface area contributed by atoms with Crippen molar-refractivity contribution in [1.82, 2.24) is 25.4 Å². The molecule has 0 aliphatic carbocycles. The van der Waals surface area contributed by atoms with Crippen molar-refractivity contribution >= 4 is 17.6 Å². The van der Waals surface area contributed by atoms with Gasteiger partial charge in [0, 0.05) is 38.9 Å². The summed E-state index contributed by atoms with van der Waals surface area (Å²) in [6, 6.07) is 7.53. The van der Waals surface area contributed by atoms with E-state index in [1.165, 1.54) is 31.2 Å². The van der Waals surface area contributed by atoms with Gasteiger partial charge in [-0.1, -0.05) is 32.1 Å². The second-order valence-electron chi connectivity index (χ2n) is 8.59. The number of nitrogens with one attached hydrogen (secondary N) is 1. The van der Waals surface area contributed by atoms with Crippen molar-refractivity contribution < 1.29 is 9.59 Å². The highest BCUT2D eigenvalue weighted by molar-refractivity contribution is 5.93. The third-order valence-electron chi connectivity index (χ3n) is 6.25. The maximum atomic E-state index is 13.0. The van der Waals surface area contributed by atoms with Gasteiger partial charge >= 0.3 is 0 Å². The van der Waals surface area contributed by atoms with Crippen LogP contribution in [0.2, 0.25) is 0 Å². The zero-order valence-electron chi connectivity index (χ0n) is 18.6. The quantitative estimate of drug-likeness (QED) is 0.683. The van der Waals surface area contributed by atoms with Crippen molar-refractivity contribution in [1.29, 1.82) is 0 Å². The lowest BCUT2D eigenvalue weighted by Gasteiger charge is -2.35. The maximum Gasteiger partial charge on any atom is 0.272 e. The van der Waals surface area contributed by atoms with Gasteiger partial charge in [-0.2, -0.15) is 0 Å². The molecule has 2 amide bonds. The molecule has 0 unspecified atom stereocenters. The Morgan fingerprint density at radius 1 is 0.750 bits per heavy atom. The molecule has 2 aromatic heterocycles. The van der Waals surface area contributed by atoms with Crippen molar-refractivity contribution in [2.45, 2.75) is 51.4 Å². The van der Waals surface area contributed by atoms with Gasteiger partial charge in [0.2, 0.25) is 0 Å². The van der Waals surface area contributed by atoms with E-state index in [1.807, 2.05) is 23.1 Å². The molecule has 8 heteroatoms. The highest BCUT2D eigenvalue weighted by atomic mass is 16.2. The maximum absolute atomic E-state index is 13.0. The van der Waals surface area contributed by atoms with Crippen molar-refractivity contribution in [2.75, 3.05) is 37.6 Å². The first-order valence-electron chi connectivity index (χ1n) is 11.8. The summed E-state index contributed by atoms with van der Waals surface area (Å²) in [6.07, 6.45) is 10.8. The summed E-state index contributed by atoms with van der Waals surface area (Å²) in [6.45, 7) is 3.23. The molecule has 0 radical (unpaired) electrons. The van der Waals surface area contributed by atoms with E-state index in [2.05, 4.69) is 25.4 Å². The number of pyridine rings is 1. The molecule has 170 valence electrons. The average Bonchev–Trinajstić information content (AvgIpc) is 2.84. The van der Waals surface area contributed by atoms with Gasteiger partial charge in [0.1, 0.15) is 5.69 Å². The number of hydrogen-bond acceptors (Lipinski definition) is 6. The van der Waals surface area contributed by atoms with Crippen LogP contribution in [-0.2, 0) is 6.42 Å². The van der Waals surface area contributed by atoms with Crippen molar-refractivity contribution in [3.63, 3.8) is 0 Å². The van der Waals surface area contributed by atoms with Crippen LogP contribution in [0, 0.1) is 0 Å². The van der Waals surface area contributed by atoms with Crippen LogP contribution in [0.1, 0.15) is 71.5 Å². The Kier molecular flexibility index (Phi) is 7.64. The van der Waals surface area contributed by atoms with E-state index in [9.17, 15) is 9.59 Å². The fraction of sp³-hybridized carbons (Fsp3) is 0.542. The Morgan fingerprint density at radius 2 is 1.47 bits per heavy atom. The van der Waals surface area contributed by atoms with Crippen LogP contribution in [-0.4, -0.2) is 64.6 Å². The third-order valence-corrected chi connectivity index (χ3v) is 6.25. The highest BCUT2D eigenvalue weighted by Crippen LogP contribution is 2.16. The molecule has 6 rings (SSSR count). The smallest absolute Gasteiger partial charge is 0.272 e. The number of aromatic nitrogens is 3. The Bertz CT molecular complexity index is 909. The summed E-state index contributed by atoms with van der Waals surface area (Å²) in [5.41, 5.74) is 2.06. The molecule has 4 aliphatic heterocycles. The molecule has 32 heavy (non-hydrogen) atoms. The minimum atomic E-state index is -0.174. The Morgan fingerprint density at radius 3 is 2.22 bits per heavy atom. The molecule has 6 bridgehead atoms. The van der Waals surface area contributed by atoms with Crippen LogP contribution in [0.5, 0.6) is 0 Å². The monoisotopic (exact) mass is 436 g/mol. The normalized spacial score (nSPS) is 19.1. The molecular formula is C24H32N6O2. The van der Waals surface area contributed by atoms with E-state index in [0.29, 0.717) is 44.1 Å². The van der Waals surface area contributed by atoms with E-state index in [0.717, 1.165) is 31.5 Å². The summed E-state index contributed by atoms with van der Waals surface area (Å²) in [7, 11) is 0. The molecular weight excluding hydrogens is 404 g/mol. The Labute approximate surface area is 189 Å². The molecule has 2 aromatic rings. The lowest BCUT2D eigenvalue weighted by atomic mass is 10.0. The minimum Gasteiger partial charge on any atom is -0.352 e. The zero-order chi connectivity index (χ0) is 22.2. The van der Waals surface area contributed by atoms with Gasteiger partial charge in [0.05, 0.1) is 0 Å². The largest absolute Gasteiger partial charge is 0.352 e. The van der Waals surface area contributed by atoms with Gasteiger partial charge in [-0.15, -0.1) is 10.2 Å². The number of anilines is 1. The molecule has 1 fully saturated rings. The number of hydrogen-bond donors (Lipinski definition) is 1. The minimum absolute atomic E-state index is 0.0111. The fourth-order valence-electron chi connectivity index (χ4n) is 4.29. The van der Waals surface area contributed by atoms with Gasteiger partial charge in [-0.3, -0.25) is 14.6 Å². The molecule has 1 N–H and O–H groups in total. The second kappa shape index (κ2) is 11.0. The van der Waals surface area contributed by atoms with Crippen LogP contribution < -0.4 is 10.2 Å². The average molecular weight is 437 g/mol. The molecule has 0 spiro atoms. The van der Waals surface area contributed by atoms with Crippen molar-refractivity contribution in [3.05, 3.63) is 47.4 Å². The summed E-state index contributed by atoms with van der Waals surface area (Å²) in [5, 5.41) is 11.3. The second-order valence-corrected chi connectivity index (χ2v) is 8.59. The summed E-state index contributed by atoms with van der Waals surface area (Å²) >= 11 is 0. The first kappa shape index (κ1) is 22.2. The lowest BCUT2D eigenvalue weighted by Crippen LogP contribution is -2.49. The number of fused-ring (bicyclic) bond motifs is 2. The molecule has 6 heterocycles. The number of piperazine rings is 1. The van der Waals surface area contributed by atoms with Gasteiger partial charge < -0.3 is 15.1 Å². The van der Waals surface area contributed by atoms with Crippen molar-refractivity contribution in [3.8, 4) is 0 Å². The fourth-order valence-corrected chi connectivity index (χ4v) is 4.29. The Balaban J connectivity index is 1.44. The number of carbonyl (C=O) groups excluding carboxylic acids is 2. The summed E-state index contributed by atoms with van der Waals surface area (Å²) in [5.74, 6) is 0.544. The standard InChI is InChI=1S/C24H32N6O2/c31-23-20-9-10-22(28-27-20)29-14-16-30(17-15-29)24(32)21-18-19(11-13-25-21)8-6-4-2-1-3-5-7-12-26-23/h9-11,13,18H,1-8,12,14-17H2,(H,26,31). The van der Waals surface area contributed by atoms with Gasteiger partial charge in [-0.05, 0) is 49.1 Å². The molecule has 8 nitrogen and oxygen atoms in total. The van der Waals surface area contributed by atoms with Gasteiger partial charge in [0.25, 0.3) is 11.8 Å². The number of amides is 2. The van der Waals surface area contributed by atoms with Crippen LogP contribution >= 0.6 is 0 Å². The van der Waals surface area contributed by atoms with Crippen LogP contribution in [0.3, 0.4) is 0 Å². The van der Waals surface area contributed by atoms with Gasteiger partial charge in [-0.25, -0.2) is 0 Å². The number of rotatable bonds is 0. The molecule has 0 saturated carbocycles. The van der Waals surface area contributed by atoms with E-state index in [4.69, 9.17) is 0 Å². The van der Waals surface area contributed by atoms with E-state index >= 15 is 0 Å². The van der Waals surface area contributed by atoms with E-state index < -0.39 is 0 Å². The van der Waals surface area contributed by atoms with Crippen LogP contribution in [0.4, 0.5) is 5.82 Å². The molecule has 0 atom stereocenters. The van der Waals surface area contributed by atoms with Crippen LogP contribution in [0.15, 0.2) is 30.5 Å². The Hall–Kier alpha value is -3.03. The predicted molar refractivity (Wildman–Crippen MR) is 123 cm³/mol. The number of nitrogens with zero attached hydrogens (tertiary/aromatic N) is 5. The molecule has 1 saturated heterocycles. The molecule has 0 aromatic carbocycles. The summed E-state index contributed by atoms with van der Waals surface area (Å²) < 4.78 is 0. The number of carbonyl (C=O) groups is 2. The zero-order valence-corrected chi connectivity index (χ0v) is 18.6. The topological polar surface area (TPSA) is 91.3 Å². The molecule has 4 aliphatic rings. The highest BCUT2D eigenvalue weighted by Gasteiger charge is 2.24. The third kappa shape index (κ3) is 5.81. The first-order valence-corrected chi connectivity index (χ1v) is 11.8. The summed E-state index contributed by atoms with van der Waals surface area (Å²) in [4.78, 5) is 33.6. The van der Waals surface area contributed by atoms with Gasteiger partial charge in [0.15, 0.2) is 11.5 Å². The first-order chi connectivity index (χ1) is 15.7. The van der Waals surface area contributed by atoms with Crippen molar-refractivity contribution in [2.24, 2.45) is 0 Å². The van der Waals surface area contributed by atoms with Crippen LogP contribution in [0.25, 0.3) is 0 Å². The predicted octanol–water partition coefficient (Wildman–Crippen LogP) is 2.85.